The highest BCUT2D eigenvalue weighted by molar-refractivity contribution is 8.00. The summed E-state index contributed by atoms with van der Waals surface area (Å²) < 4.78 is 36.5. The summed E-state index contributed by atoms with van der Waals surface area (Å²) in [4.78, 5) is 12.3. The van der Waals surface area contributed by atoms with Gasteiger partial charge in [-0.3, -0.25) is 9.10 Å². The van der Waals surface area contributed by atoms with E-state index < -0.39 is 22.5 Å². The van der Waals surface area contributed by atoms with Gasteiger partial charge < -0.3 is 9.47 Å². The SMILES string of the molecule is COc1ccccc1N(CC(=O)N/N=C\c1cccc(OC2CSC2)c1)S(C)(=O)=O. The van der Waals surface area contributed by atoms with Crippen LogP contribution in [-0.2, 0) is 14.8 Å². The monoisotopic (exact) mass is 449 g/mol. The van der Waals surface area contributed by atoms with Crippen LogP contribution in [0.25, 0.3) is 0 Å². The lowest BCUT2D eigenvalue weighted by Gasteiger charge is -2.25. The van der Waals surface area contributed by atoms with E-state index in [1.54, 1.807) is 24.3 Å². The molecule has 0 aliphatic carbocycles. The molecular weight excluding hydrogens is 426 g/mol. The number of methoxy groups -OCH3 is 1. The fraction of sp³-hybridized carbons (Fsp3) is 0.300. The Kier molecular flexibility index (Phi) is 7.22. The fourth-order valence-corrected chi connectivity index (χ4v) is 4.13. The van der Waals surface area contributed by atoms with E-state index in [1.807, 2.05) is 36.0 Å². The largest absolute Gasteiger partial charge is 0.495 e. The Bertz CT molecular complexity index is 1020. The molecule has 8 nitrogen and oxygen atoms in total. The smallest absolute Gasteiger partial charge is 0.260 e. The summed E-state index contributed by atoms with van der Waals surface area (Å²) in [6.45, 7) is -0.432. The third kappa shape index (κ3) is 5.90. The molecule has 1 aliphatic rings. The van der Waals surface area contributed by atoms with Crippen LogP contribution in [0.2, 0.25) is 0 Å². The molecule has 1 fully saturated rings. The molecule has 2 aromatic rings. The van der Waals surface area contributed by atoms with Crippen molar-refractivity contribution in [3.05, 3.63) is 54.1 Å². The van der Waals surface area contributed by atoms with Crippen molar-refractivity contribution in [2.45, 2.75) is 6.10 Å². The van der Waals surface area contributed by atoms with Crippen LogP contribution in [0.1, 0.15) is 5.56 Å². The van der Waals surface area contributed by atoms with Gasteiger partial charge in [0.2, 0.25) is 10.0 Å². The lowest BCUT2D eigenvalue weighted by molar-refractivity contribution is -0.119. The molecule has 1 amide bonds. The highest BCUT2D eigenvalue weighted by Gasteiger charge is 2.23. The van der Waals surface area contributed by atoms with Crippen molar-refractivity contribution in [3.63, 3.8) is 0 Å². The van der Waals surface area contributed by atoms with Crippen molar-refractivity contribution >= 4 is 39.6 Å². The number of ether oxygens (including phenoxy) is 2. The number of carbonyl (C=O) groups excluding carboxylic acids is 1. The zero-order valence-corrected chi connectivity index (χ0v) is 18.3. The number of nitrogens with zero attached hydrogens (tertiary/aromatic N) is 2. The van der Waals surface area contributed by atoms with E-state index in [2.05, 4.69) is 10.5 Å². The van der Waals surface area contributed by atoms with Gasteiger partial charge in [-0.15, -0.1) is 0 Å². The van der Waals surface area contributed by atoms with Crippen LogP contribution >= 0.6 is 11.8 Å². The summed E-state index contributed by atoms with van der Waals surface area (Å²) in [5, 5.41) is 3.93. The number of benzene rings is 2. The zero-order valence-electron chi connectivity index (χ0n) is 16.6. The van der Waals surface area contributed by atoms with Crippen molar-refractivity contribution in [2.75, 3.05) is 35.7 Å². The average molecular weight is 450 g/mol. The van der Waals surface area contributed by atoms with Crippen LogP contribution in [0.3, 0.4) is 0 Å². The van der Waals surface area contributed by atoms with Crippen molar-refractivity contribution in [3.8, 4) is 11.5 Å². The Hall–Kier alpha value is -2.72. The number of anilines is 1. The Balaban J connectivity index is 1.64. The topological polar surface area (TPSA) is 97.3 Å². The summed E-state index contributed by atoms with van der Waals surface area (Å²) in [6.07, 6.45) is 2.75. The quantitative estimate of drug-likeness (QED) is 0.465. The van der Waals surface area contributed by atoms with Crippen molar-refractivity contribution in [1.29, 1.82) is 0 Å². The molecule has 0 unspecified atom stereocenters. The third-order valence-corrected chi connectivity index (χ3v) is 6.55. The predicted octanol–water partition coefficient (Wildman–Crippen LogP) is 2.11. The Morgan fingerprint density at radius 3 is 2.70 bits per heavy atom. The molecule has 1 saturated heterocycles. The first kappa shape index (κ1) is 22.0. The molecule has 0 saturated carbocycles. The van der Waals surface area contributed by atoms with E-state index in [0.29, 0.717) is 5.75 Å². The van der Waals surface area contributed by atoms with Gasteiger partial charge in [0.25, 0.3) is 5.91 Å². The van der Waals surface area contributed by atoms with Crippen LogP contribution in [0.15, 0.2) is 53.6 Å². The highest BCUT2D eigenvalue weighted by Crippen LogP contribution is 2.29. The minimum Gasteiger partial charge on any atom is -0.495 e. The van der Waals surface area contributed by atoms with Gasteiger partial charge >= 0.3 is 0 Å². The molecule has 1 heterocycles. The molecule has 160 valence electrons. The van der Waals surface area contributed by atoms with Crippen LogP contribution in [0.4, 0.5) is 5.69 Å². The molecule has 0 spiro atoms. The number of para-hydroxylation sites is 2. The molecule has 0 radical (unpaired) electrons. The van der Waals surface area contributed by atoms with Gasteiger partial charge in [0, 0.05) is 11.5 Å². The molecule has 0 bridgehead atoms. The van der Waals surface area contributed by atoms with E-state index in [-0.39, 0.29) is 11.8 Å². The van der Waals surface area contributed by atoms with Crippen molar-refractivity contribution in [1.82, 2.24) is 5.43 Å². The van der Waals surface area contributed by atoms with Gasteiger partial charge in [-0.1, -0.05) is 24.3 Å². The molecule has 0 aromatic heterocycles. The van der Waals surface area contributed by atoms with Crippen LogP contribution < -0.4 is 19.2 Å². The van der Waals surface area contributed by atoms with E-state index in [1.165, 1.54) is 13.3 Å². The van der Waals surface area contributed by atoms with Gasteiger partial charge in [0.1, 0.15) is 24.1 Å². The Morgan fingerprint density at radius 1 is 1.27 bits per heavy atom. The Labute approximate surface area is 180 Å². The zero-order chi connectivity index (χ0) is 21.6. The van der Waals surface area contributed by atoms with Gasteiger partial charge in [0.15, 0.2) is 0 Å². The molecule has 10 heteroatoms. The molecule has 2 aromatic carbocycles. The minimum absolute atomic E-state index is 0.235. The molecule has 1 aliphatic heterocycles. The van der Waals surface area contributed by atoms with Crippen molar-refractivity contribution in [2.24, 2.45) is 5.10 Å². The fourth-order valence-electron chi connectivity index (χ4n) is 2.70. The molecule has 1 N–H and O–H groups in total. The molecule has 3 rings (SSSR count). The maximum absolute atomic E-state index is 12.3. The average Bonchev–Trinajstić information content (AvgIpc) is 2.68. The standard InChI is InChI=1S/C20H23N3O5S2/c1-27-19-9-4-3-8-18(19)23(30(2,25)26)12-20(24)22-21-11-15-6-5-7-16(10-15)28-17-13-29-14-17/h3-11,17H,12-14H2,1-2H3,(H,22,24)/b21-11-. The number of carbonyl (C=O) groups is 1. The van der Waals surface area contributed by atoms with E-state index in [0.717, 1.165) is 33.4 Å². The first-order valence-electron chi connectivity index (χ1n) is 9.14. The van der Waals surface area contributed by atoms with Crippen LogP contribution in [0.5, 0.6) is 11.5 Å². The normalized spacial score (nSPS) is 14.2. The van der Waals surface area contributed by atoms with Gasteiger partial charge in [-0.25, -0.2) is 13.8 Å². The first-order valence-corrected chi connectivity index (χ1v) is 12.1. The van der Waals surface area contributed by atoms with Gasteiger partial charge in [-0.05, 0) is 29.8 Å². The van der Waals surface area contributed by atoms with Gasteiger partial charge in [0.05, 0.1) is 25.3 Å². The lowest BCUT2D eigenvalue weighted by Crippen LogP contribution is -2.39. The maximum Gasteiger partial charge on any atom is 0.260 e. The number of amides is 1. The lowest BCUT2D eigenvalue weighted by atomic mass is 10.2. The number of nitrogens with one attached hydrogen (secondary N) is 1. The van der Waals surface area contributed by atoms with E-state index in [9.17, 15) is 13.2 Å². The van der Waals surface area contributed by atoms with Crippen LogP contribution in [0, 0.1) is 0 Å². The molecule has 30 heavy (non-hydrogen) atoms. The Morgan fingerprint density at radius 2 is 2.03 bits per heavy atom. The summed E-state index contributed by atoms with van der Waals surface area (Å²) in [5.74, 6) is 2.48. The van der Waals surface area contributed by atoms with E-state index >= 15 is 0 Å². The van der Waals surface area contributed by atoms with E-state index in [4.69, 9.17) is 9.47 Å². The summed E-state index contributed by atoms with van der Waals surface area (Å²) in [7, 11) is -2.28. The first-order chi connectivity index (χ1) is 14.4. The summed E-state index contributed by atoms with van der Waals surface area (Å²) in [5.41, 5.74) is 3.40. The number of thioether (sulfide) groups is 1. The second-order valence-corrected chi connectivity index (χ2v) is 9.57. The number of rotatable bonds is 9. The number of hydrogen-bond acceptors (Lipinski definition) is 7. The van der Waals surface area contributed by atoms with Crippen molar-refractivity contribution < 1.29 is 22.7 Å². The second kappa shape index (κ2) is 9.86. The maximum atomic E-state index is 12.3. The predicted molar refractivity (Wildman–Crippen MR) is 119 cm³/mol. The van der Waals surface area contributed by atoms with Crippen LogP contribution in [-0.4, -0.2) is 58.1 Å². The number of hydrogen-bond donors (Lipinski definition) is 1. The minimum atomic E-state index is -3.71. The highest BCUT2D eigenvalue weighted by atomic mass is 32.2. The molecular formula is C20H23N3O5S2. The second-order valence-electron chi connectivity index (χ2n) is 6.58. The summed E-state index contributed by atoms with van der Waals surface area (Å²) >= 11 is 1.84. The number of sulfonamides is 1. The molecule has 0 atom stereocenters. The number of hydrazone groups is 1. The summed E-state index contributed by atoms with van der Waals surface area (Å²) in [6, 6.07) is 14.0. The van der Waals surface area contributed by atoms with Gasteiger partial charge in [-0.2, -0.15) is 16.9 Å². The third-order valence-electron chi connectivity index (χ3n) is 4.21.